The smallest absolute Gasteiger partial charge is 0.192 e. The molecule has 1 unspecified atom stereocenters. The summed E-state index contributed by atoms with van der Waals surface area (Å²) < 4.78 is 8.64. The van der Waals surface area contributed by atoms with Crippen LogP contribution in [0.1, 0.15) is 72.6 Å². The Morgan fingerprint density at radius 1 is 1.05 bits per heavy atom. The summed E-state index contributed by atoms with van der Waals surface area (Å²) in [5.74, 6) is 0. The van der Waals surface area contributed by atoms with Gasteiger partial charge in [-0.1, -0.05) is 94.9 Å². The zero-order valence-corrected chi connectivity index (χ0v) is 17.6. The Balaban J connectivity index is 4.18. The molecule has 0 aliphatic rings. The maximum atomic E-state index is 6.52. The third kappa shape index (κ3) is 8.83. The Hall–Kier alpha value is 0.647. The Kier molecular flexibility index (Phi) is 10.7. The maximum Gasteiger partial charge on any atom is 0.192 e. The van der Waals surface area contributed by atoms with Crippen molar-refractivity contribution in [1.82, 2.24) is 0 Å². The van der Waals surface area contributed by atoms with Crippen molar-refractivity contribution < 1.29 is 4.43 Å². The van der Waals surface area contributed by atoms with Crippen molar-refractivity contribution in [3.05, 3.63) is 10.2 Å². The summed E-state index contributed by atoms with van der Waals surface area (Å²) in [4.78, 5) is 0. The van der Waals surface area contributed by atoms with Crippen molar-refractivity contribution in [2.24, 2.45) is 0 Å². The Labute approximate surface area is 142 Å². The molecule has 0 fully saturated rings. The van der Waals surface area contributed by atoms with Crippen LogP contribution in [-0.4, -0.2) is 14.4 Å². The fourth-order valence-electron chi connectivity index (χ4n) is 1.96. The van der Waals surface area contributed by atoms with E-state index in [1.807, 2.05) is 0 Å². The van der Waals surface area contributed by atoms with Crippen LogP contribution in [0.3, 0.4) is 0 Å². The van der Waals surface area contributed by atoms with Gasteiger partial charge in [-0.25, -0.2) is 0 Å². The summed E-state index contributed by atoms with van der Waals surface area (Å²) in [6.07, 6.45) is 11.9. The van der Waals surface area contributed by atoms with Gasteiger partial charge in [-0.2, -0.15) is 0 Å². The molecule has 0 saturated carbocycles. The minimum Gasteiger partial charge on any atom is -0.411 e. The zero-order chi connectivity index (χ0) is 15.6. The predicted octanol–water partition coefficient (Wildman–Crippen LogP) is 7.08. The van der Waals surface area contributed by atoms with E-state index in [0.29, 0.717) is 11.1 Å². The second-order valence-electron chi connectivity index (χ2n) is 7.29. The van der Waals surface area contributed by atoms with Gasteiger partial charge in [0.05, 0.1) is 6.10 Å². The van der Waals surface area contributed by atoms with Crippen LogP contribution in [0.2, 0.25) is 18.1 Å². The van der Waals surface area contributed by atoms with Gasteiger partial charge in [0.15, 0.2) is 8.32 Å². The quantitative estimate of drug-likeness (QED) is 0.212. The standard InChI is InChI=1S/C17H35IOSi/c1-7-8-9-10-11-12-13-16(14-15-18)19-20(5,6)17(2,3)4/h14-16H,7-13H2,1-6H3. The molecule has 0 radical (unpaired) electrons. The summed E-state index contributed by atoms with van der Waals surface area (Å²) in [6, 6.07) is 0. The number of halogens is 1. The van der Waals surface area contributed by atoms with E-state index < -0.39 is 8.32 Å². The highest BCUT2D eigenvalue weighted by molar-refractivity contribution is 14.1. The molecule has 1 atom stereocenters. The zero-order valence-electron chi connectivity index (χ0n) is 14.5. The van der Waals surface area contributed by atoms with Crippen molar-refractivity contribution in [3.8, 4) is 0 Å². The summed E-state index contributed by atoms with van der Waals surface area (Å²) in [5.41, 5.74) is 0. The van der Waals surface area contributed by atoms with Crippen LogP contribution >= 0.6 is 22.6 Å². The molecule has 0 heterocycles. The van der Waals surface area contributed by atoms with Gasteiger partial charge in [-0.15, -0.1) is 0 Å². The van der Waals surface area contributed by atoms with E-state index in [0.717, 1.165) is 0 Å². The normalized spacial score (nSPS) is 14.9. The SMILES string of the molecule is CCCCCCCCC(C=CI)O[Si](C)(C)C(C)(C)C. The van der Waals surface area contributed by atoms with Gasteiger partial charge in [-0.05, 0) is 28.6 Å². The molecule has 0 aliphatic carbocycles. The van der Waals surface area contributed by atoms with Crippen LogP contribution in [0, 0.1) is 0 Å². The lowest BCUT2D eigenvalue weighted by atomic mass is 10.1. The topological polar surface area (TPSA) is 9.23 Å². The van der Waals surface area contributed by atoms with E-state index in [1.165, 1.54) is 44.9 Å². The van der Waals surface area contributed by atoms with Gasteiger partial charge in [0.2, 0.25) is 0 Å². The molecule has 120 valence electrons. The minimum absolute atomic E-state index is 0.297. The van der Waals surface area contributed by atoms with Crippen molar-refractivity contribution in [2.45, 2.75) is 96.9 Å². The number of hydrogen-bond acceptors (Lipinski definition) is 1. The number of hydrogen-bond donors (Lipinski definition) is 0. The molecule has 0 rings (SSSR count). The number of rotatable bonds is 10. The molecule has 0 saturated heterocycles. The molecular formula is C17H35IOSi. The molecule has 0 aromatic carbocycles. The average Bonchev–Trinajstić information content (AvgIpc) is 2.32. The highest BCUT2D eigenvalue weighted by Gasteiger charge is 2.38. The average molecular weight is 410 g/mol. The van der Waals surface area contributed by atoms with Crippen LogP contribution in [0.15, 0.2) is 10.2 Å². The van der Waals surface area contributed by atoms with Crippen LogP contribution in [0.25, 0.3) is 0 Å². The van der Waals surface area contributed by atoms with Gasteiger partial charge < -0.3 is 4.43 Å². The van der Waals surface area contributed by atoms with Gasteiger partial charge in [-0.3, -0.25) is 0 Å². The summed E-state index contributed by atoms with van der Waals surface area (Å²) >= 11 is 2.31. The summed E-state index contributed by atoms with van der Waals surface area (Å²) in [5, 5.41) is 0.297. The highest BCUT2D eigenvalue weighted by Crippen LogP contribution is 2.38. The second kappa shape index (κ2) is 10.4. The molecule has 0 bridgehead atoms. The van der Waals surface area contributed by atoms with Crippen LogP contribution < -0.4 is 0 Å². The maximum absolute atomic E-state index is 6.52. The fraction of sp³-hybridized carbons (Fsp3) is 0.882. The first-order valence-electron chi connectivity index (χ1n) is 8.19. The molecule has 20 heavy (non-hydrogen) atoms. The summed E-state index contributed by atoms with van der Waals surface area (Å²) in [7, 11) is -1.64. The lowest BCUT2D eigenvalue weighted by Crippen LogP contribution is -2.43. The second-order valence-corrected chi connectivity index (χ2v) is 12.8. The first-order chi connectivity index (χ1) is 9.24. The molecule has 3 heteroatoms. The van der Waals surface area contributed by atoms with E-state index >= 15 is 0 Å². The van der Waals surface area contributed by atoms with Crippen LogP contribution in [0.5, 0.6) is 0 Å². The van der Waals surface area contributed by atoms with Crippen molar-refractivity contribution in [3.63, 3.8) is 0 Å². The molecular weight excluding hydrogens is 375 g/mol. The molecule has 0 aliphatic heterocycles. The van der Waals surface area contributed by atoms with E-state index in [2.05, 4.69) is 73.5 Å². The van der Waals surface area contributed by atoms with Gasteiger partial charge >= 0.3 is 0 Å². The molecule has 0 aromatic rings. The largest absolute Gasteiger partial charge is 0.411 e. The van der Waals surface area contributed by atoms with Gasteiger partial charge in [0.1, 0.15) is 0 Å². The van der Waals surface area contributed by atoms with Crippen molar-refractivity contribution >= 4 is 30.9 Å². The van der Waals surface area contributed by atoms with Crippen molar-refractivity contribution in [1.29, 1.82) is 0 Å². The van der Waals surface area contributed by atoms with Crippen molar-refractivity contribution in [2.75, 3.05) is 0 Å². The minimum atomic E-state index is -1.64. The lowest BCUT2D eigenvalue weighted by Gasteiger charge is -2.38. The monoisotopic (exact) mass is 410 g/mol. The molecule has 1 nitrogen and oxygen atoms in total. The van der Waals surface area contributed by atoms with E-state index in [4.69, 9.17) is 4.43 Å². The van der Waals surface area contributed by atoms with Gasteiger partial charge in [0.25, 0.3) is 0 Å². The Morgan fingerprint density at radius 3 is 2.10 bits per heavy atom. The molecule has 0 amide bonds. The third-order valence-corrected chi connectivity index (χ3v) is 9.30. The highest BCUT2D eigenvalue weighted by atomic mass is 127. The van der Waals surface area contributed by atoms with Crippen LogP contribution in [0.4, 0.5) is 0 Å². The van der Waals surface area contributed by atoms with Gasteiger partial charge in [0, 0.05) is 0 Å². The third-order valence-electron chi connectivity index (χ3n) is 4.38. The molecule has 0 aromatic heterocycles. The first-order valence-corrected chi connectivity index (χ1v) is 12.3. The van der Waals surface area contributed by atoms with Crippen LogP contribution in [-0.2, 0) is 4.43 Å². The fourth-order valence-corrected chi connectivity index (χ4v) is 3.73. The first kappa shape index (κ1) is 20.6. The summed E-state index contributed by atoms with van der Waals surface area (Å²) in [6.45, 7) is 13.9. The molecule has 0 spiro atoms. The lowest BCUT2D eigenvalue weighted by molar-refractivity contribution is 0.211. The van der Waals surface area contributed by atoms with E-state index in [9.17, 15) is 0 Å². The molecule has 0 N–H and O–H groups in total. The van der Waals surface area contributed by atoms with E-state index in [1.54, 1.807) is 0 Å². The Morgan fingerprint density at radius 2 is 1.60 bits per heavy atom. The van der Waals surface area contributed by atoms with E-state index in [-0.39, 0.29) is 0 Å². The Bertz CT molecular complexity index is 269. The predicted molar refractivity (Wildman–Crippen MR) is 103 cm³/mol. The number of unbranched alkanes of at least 4 members (excludes halogenated alkanes) is 5.